The Bertz CT molecular complexity index is 657. The molecule has 0 aliphatic rings. The lowest BCUT2D eigenvalue weighted by Gasteiger charge is -2.28. The van der Waals surface area contributed by atoms with E-state index in [2.05, 4.69) is 0 Å². The normalized spacial score (nSPS) is 11.0. The zero-order chi connectivity index (χ0) is 15.5. The second kappa shape index (κ2) is 5.88. The van der Waals surface area contributed by atoms with Crippen molar-refractivity contribution >= 4 is 5.69 Å². The van der Waals surface area contributed by atoms with Crippen molar-refractivity contribution in [2.75, 3.05) is 4.90 Å². The van der Waals surface area contributed by atoms with E-state index in [-0.39, 0.29) is 17.8 Å². The van der Waals surface area contributed by atoms with Crippen LogP contribution in [-0.2, 0) is 6.54 Å². The van der Waals surface area contributed by atoms with Gasteiger partial charge in [-0.15, -0.1) is 0 Å². The van der Waals surface area contributed by atoms with Crippen molar-refractivity contribution in [1.29, 1.82) is 5.26 Å². The molecule has 0 aromatic heterocycles. The van der Waals surface area contributed by atoms with E-state index in [9.17, 15) is 13.2 Å². The molecule has 2 nitrogen and oxygen atoms in total. The highest BCUT2D eigenvalue weighted by Gasteiger charge is 2.38. The number of halogens is 3. The van der Waals surface area contributed by atoms with E-state index in [0.29, 0.717) is 16.0 Å². The third-order valence-corrected chi connectivity index (χ3v) is 3.05. The van der Waals surface area contributed by atoms with Crippen LogP contribution in [0.2, 0.25) is 0 Å². The third-order valence-electron chi connectivity index (χ3n) is 3.05. The lowest BCUT2D eigenvalue weighted by Crippen LogP contribution is -2.38. The van der Waals surface area contributed by atoms with Crippen LogP contribution in [0.15, 0.2) is 48.5 Å². The molecule has 0 unspecified atom stereocenters. The Hall–Kier alpha value is -2.48. The molecule has 0 saturated heterocycles. The van der Waals surface area contributed by atoms with E-state index in [4.69, 9.17) is 5.26 Å². The van der Waals surface area contributed by atoms with Crippen LogP contribution in [0, 0.1) is 18.3 Å². The maximum absolute atomic E-state index is 13.4. The number of benzene rings is 2. The third kappa shape index (κ3) is 3.54. The predicted molar refractivity (Wildman–Crippen MR) is 74.6 cm³/mol. The van der Waals surface area contributed by atoms with E-state index < -0.39 is 6.30 Å². The first-order valence-corrected chi connectivity index (χ1v) is 6.31. The summed E-state index contributed by atoms with van der Waals surface area (Å²) in [5, 5.41) is 9.05. The molecule has 2 rings (SSSR count). The van der Waals surface area contributed by atoms with Crippen LogP contribution in [0.25, 0.3) is 0 Å². The molecule has 0 heterocycles. The number of hydrogen-bond donors (Lipinski definition) is 0. The Morgan fingerprint density at radius 2 is 1.76 bits per heavy atom. The molecule has 108 valence electrons. The van der Waals surface area contributed by atoms with E-state index in [1.165, 1.54) is 12.1 Å². The maximum atomic E-state index is 13.4. The van der Waals surface area contributed by atoms with Gasteiger partial charge in [0, 0.05) is 0 Å². The van der Waals surface area contributed by atoms with E-state index in [1.54, 1.807) is 43.3 Å². The van der Waals surface area contributed by atoms with Crippen molar-refractivity contribution in [2.24, 2.45) is 0 Å². The average molecular weight is 290 g/mol. The molecule has 0 aliphatic carbocycles. The summed E-state index contributed by atoms with van der Waals surface area (Å²) in [6, 6.07) is 14.6. The lowest BCUT2D eigenvalue weighted by molar-refractivity contribution is -0.130. The Morgan fingerprint density at radius 1 is 1.10 bits per heavy atom. The van der Waals surface area contributed by atoms with Crippen LogP contribution in [0.3, 0.4) is 0 Å². The van der Waals surface area contributed by atoms with Gasteiger partial charge in [-0.3, -0.25) is 4.90 Å². The van der Waals surface area contributed by atoms with Gasteiger partial charge in [0.1, 0.15) is 6.07 Å². The lowest BCUT2D eigenvalue weighted by atomic mass is 10.1. The van der Waals surface area contributed by atoms with Gasteiger partial charge in [0.05, 0.1) is 17.8 Å². The molecular formula is C16H13F3N2. The summed E-state index contributed by atoms with van der Waals surface area (Å²) in [5.74, 6) is 0. The molecule has 0 spiro atoms. The minimum absolute atomic E-state index is 0.00820. The number of aryl methyl sites for hydroxylation is 1. The first-order valence-electron chi connectivity index (χ1n) is 6.31. The molecule has 2 aromatic carbocycles. The molecule has 0 aliphatic heterocycles. The van der Waals surface area contributed by atoms with E-state index in [1.807, 2.05) is 6.07 Å². The van der Waals surface area contributed by atoms with Crippen molar-refractivity contribution < 1.29 is 13.2 Å². The number of nitriles is 1. The van der Waals surface area contributed by atoms with Gasteiger partial charge in [-0.2, -0.15) is 18.4 Å². The molecule has 0 fully saturated rings. The Kier molecular flexibility index (Phi) is 4.18. The zero-order valence-corrected chi connectivity index (χ0v) is 11.4. The predicted octanol–water partition coefficient (Wildman–Crippen LogP) is 4.39. The molecule has 5 heteroatoms. The number of nitrogens with zero attached hydrogens (tertiary/aromatic N) is 2. The summed E-state index contributed by atoms with van der Waals surface area (Å²) in [6.45, 7) is 1.37. The van der Waals surface area contributed by atoms with Gasteiger partial charge in [-0.1, -0.05) is 36.4 Å². The fourth-order valence-electron chi connectivity index (χ4n) is 2.04. The van der Waals surface area contributed by atoms with Crippen molar-refractivity contribution in [3.05, 3.63) is 65.2 Å². The largest absolute Gasteiger partial charge is 0.485 e. The molecule has 0 radical (unpaired) electrons. The van der Waals surface area contributed by atoms with Crippen molar-refractivity contribution in [1.82, 2.24) is 0 Å². The minimum atomic E-state index is -4.56. The Balaban J connectivity index is 2.47. The fourth-order valence-corrected chi connectivity index (χ4v) is 2.04. The average Bonchev–Trinajstić information content (AvgIpc) is 2.44. The molecule has 2 aromatic rings. The Labute approximate surface area is 121 Å². The summed E-state index contributed by atoms with van der Waals surface area (Å²) in [6.07, 6.45) is -4.56. The molecule has 0 atom stereocenters. The number of alkyl halides is 3. The maximum Gasteiger partial charge on any atom is 0.485 e. The SMILES string of the molecule is Cc1ccc(C#N)c(N(Cc2ccccc2)C(F)(F)F)c1. The summed E-state index contributed by atoms with van der Waals surface area (Å²) in [7, 11) is 0. The molecule has 0 saturated carbocycles. The second-order valence-electron chi connectivity index (χ2n) is 4.67. The van der Waals surface area contributed by atoms with Crippen molar-refractivity contribution in [2.45, 2.75) is 19.8 Å². The van der Waals surface area contributed by atoms with Crippen molar-refractivity contribution in [3.8, 4) is 6.07 Å². The van der Waals surface area contributed by atoms with Gasteiger partial charge < -0.3 is 0 Å². The van der Waals surface area contributed by atoms with E-state index in [0.717, 1.165) is 0 Å². The van der Waals surface area contributed by atoms with Crippen LogP contribution in [-0.4, -0.2) is 6.30 Å². The van der Waals surface area contributed by atoms with Gasteiger partial charge in [-0.05, 0) is 30.2 Å². The number of hydrogen-bond acceptors (Lipinski definition) is 2. The standard InChI is InChI=1S/C16H13F3N2/c1-12-7-8-14(10-20)15(9-12)21(16(17,18)19)11-13-5-3-2-4-6-13/h2-9H,11H2,1H3. The first kappa shape index (κ1) is 14.9. The van der Waals surface area contributed by atoms with Gasteiger partial charge in [0.2, 0.25) is 0 Å². The summed E-state index contributed by atoms with van der Waals surface area (Å²) >= 11 is 0. The van der Waals surface area contributed by atoms with Crippen LogP contribution < -0.4 is 4.90 Å². The van der Waals surface area contributed by atoms with Gasteiger partial charge in [0.15, 0.2) is 0 Å². The Morgan fingerprint density at radius 3 is 2.33 bits per heavy atom. The molecule has 0 N–H and O–H groups in total. The van der Waals surface area contributed by atoms with Gasteiger partial charge in [0.25, 0.3) is 0 Å². The number of rotatable bonds is 3. The highest BCUT2D eigenvalue weighted by molar-refractivity contribution is 5.61. The van der Waals surface area contributed by atoms with Crippen LogP contribution in [0.1, 0.15) is 16.7 Å². The van der Waals surface area contributed by atoms with Gasteiger partial charge >= 0.3 is 6.30 Å². The summed E-state index contributed by atoms with van der Waals surface area (Å²) in [5.41, 5.74) is 1.09. The molecule has 0 amide bonds. The number of anilines is 1. The minimum Gasteiger partial charge on any atom is -0.278 e. The fraction of sp³-hybridized carbons (Fsp3) is 0.188. The summed E-state index contributed by atoms with van der Waals surface area (Å²) < 4.78 is 40.1. The quantitative estimate of drug-likeness (QED) is 0.784. The molecular weight excluding hydrogens is 277 g/mol. The van der Waals surface area contributed by atoms with Crippen molar-refractivity contribution in [3.63, 3.8) is 0 Å². The highest BCUT2D eigenvalue weighted by Crippen LogP contribution is 2.33. The highest BCUT2D eigenvalue weighted by atomic mass is 19.4. The topological polar surface area (TPSA) is 27.0 Å². The molecule has 21 heavy (non-hydrogen) atoms. The van der Waals surface area contributed by atoms with E-state index >= 15 is 0 Å². The molecule has 0 bridgehead atoms. The first-order chi connectivity index (χ1) is 9.91. The van der Waals surface area contributed by atoms with Crippen LogP contribution in [0.5, 0.6) is 0 Å². The zero-order valence-electron chi connectivity index (χ0n) is 11.4. The van der Waals surface area contributed by atoms with Crippen LogP contribution >= 0.6 is 0 Å². The van der Waals surface area contributed by atoms with Crippen LogP contribution in [0.4, 0.5) is 18.9 Å². The monoisotopic (exact) mass is 290 g/mol. The second-order valence-corrected chi connectivity index (χ2v) is 4.67. The smallest absolute Gasteiger partial charge is 0.278 e. The summed E-state index contributed by atoms with van der Waals surface area (Å²) in [4.78, 5) is 0.299. The van der Waals surface area contributed by atoms with Gasteiger partial charge in [-0.25, -0.2) is 0 Å².